The summed E-state index contributed by atoms with van der Waals surface area (Å²) in [5.74, 6) is 0. The number of benzene rings is 2. The monoisotopic (exact) mass is 594 g/mol. The van der Waals surface area contributed by atoms with Crippen molar-refractivity contribution < 1.29 is 18.4 Å². The van der Waals surface area contributed by atoms with Crippen LogP contribution in [0, 0.1) is 0 Å². The van der Waals surface area contributed by atoms with Crippen LogP contribution in [0.4, 0.5) is 0 Å². The molecule has 0 heterocycles. The van der Waals surface area contributed by atoms with Gasteiger partial charge in [-0.15, -0.1) is 0 Å². The number of hydrogen-bond donors (Lipinski definition) is 0. The SMILES string of the molecule is CO[C@@H](/C=C\CCC[C@H](C)O[Si](C)(C)C(C)(C)C)/C=C\[C@@H](C=O)O[Si](c1ccccc1)(c1ccccc1)C(C)(C)C. The molecule has 2 aromatic rings. The number of rotatable bonds is 15. The molecule has 4 nitrogen and oxygen atoms in total. The Labute approximate surface area is 252 Å². The van der Waals surface area contributed by atoms with Crippen LogP contribution in [0.15, 0.2) is 85.0 Å². The maximum atomic E-state index is 12.4. The minimum absolute atomic E-state index is 0.212. The van der Waals surface area contributed by atoms with Crippen molar-refractivity contribution in [3.05, 3.63) is 85.0 Å². The van der Waals surface area contributed by atoms with Crippen molar-refractivity contribution in [3.8, 4) is 0 Å². The average molecular weight is 595 g/mol. The van der Waals surface area contributed by atoms with Crippen molar-refractivity contribution in [1.82, 2.24) is 0 Å². The smallest absolute Gasteiger partial charge is 0.262 e. The summed E-state index contributed by atoms with van der Waals surface area (Å²) < 4.78 is 19.1. The lowest BCUT2D eigenvalue weighted by Crippen LogP contribution is -2.67. The average Bonchev–Trinajstić information content (AvgIpc) is 2.91. The van der Waals surface area contributed by atoms with Gasteiger partial charge in [0.15, 0.2) is 14.6 Å². The zero-order valence-electron chi connectivity index (χ0n) is 27.1. The largest absolute Gasteiger partial charge is 0.414 e. The predicted molar refractivity (Wildman–Crippen MR) is 179 cm³/mol. The summed E-state index contributed by atoms with van der Waals surface area (Å²) in [5, 5.41) is 2.30. The fourth-order valence-corrected chi connectivity index (χ4v) is 11.0. The van der Waals surface area contributed by atoms with Gasteiger partial charge < -0.3 is 18.4 Å². The van der Waals surface area contributed by atoms with Gasteiger partial charge in [-0.1, -0.05) is 127 Å². The molecular weight excluding hydrogens is 541 g/mol. The first-order chi connectivity index (χ1) is 19.2. The summed E-state index contributed by atoms with van der Waals surface area (Å²) in [7, 11) is -2.90. The van der Waals surface area contributed by atoms with Gasteiger partial charge in [-0.25, -0.2) is 0 Å². The van der Waals surface area contributed by atoms with E-state index in [0.29, 0.717) is 0 Å². The van der Waals surface area contributed by atoms with Gasteiger partial charge in [0.1, 0.15) is 6.10 Å². The van der Waals surface area contributed by atoms with E-state index >= 15 is 0 Å². The zero-order chi connectivity index (χ0) is 30.7. The fraction of sp³-hybridized carbons (Fsp3) is 0.514. The normalized spacial score (nSPS) is 15.8. The van der Waals surface area contributed by atoms with Gasteiger partial charge in [-0.05, 0) is 59.7 Å². The number of methoxy groups -OCH3 is 1. The van der Waals surface area contributed by atoms with Gasteiger partial charge in [0.2, 0.25) is 0 Å². The number of ether oxygens (including phenoxy) is 1. The summed E-state index contributed by atoms with van der Waals surface area (Å²) in [4.78, 5) is 12.4. The van der Waals surface area contributed by atoms with Crippen molar-refractivity contribution >= 4 is 33.3 Å². The molecule has 0 amide bonds. The Morgan fingerprint density at radius 3 is 1.71 bits per heavy atom. The third kappa shape index (κ3) is 9.72. The first-order valence-corrected chi connectivity index (χ1v) is 19.8. The van der Waals surface area contributed by atoms with E-state index in [2.05, 4.69) is 98.0 Å². The van der Waals surface area contributed by atoms with Gasteiger partial charge in [0, 0.05) is 13.2 Å². The van der Waals surface area contributed by atoms with Crippen LogP contribution in [-0.2, 0) is 18.4 Å². The number of hydrogen-bond acceptors (Lipinski definition) is 4. The van der Waals surface area contributed by atoms with Crippen LogP contribution in [0.1, 0.15) is 67.7 Å². The highest BCUT2D eigenvalue weighted by atomic mass is 28.4. The number of aldehydes is 1. The lowest BCUT2D eigenvalue weighted by atomic mass is 10.1. The van der Waals surface area contributed by atoms with E-state index < -0.39 is 22.7 Å². The molecule has 0 aliphatic carbocycles. The minimum Gasteiger partial charge on any atom is -0.414 e. The van der Waals surface area contributed by atoms with Crippen LogP contribution >= 0.6 is 0 Å². The van der Waals surface area contributed by atoms with Crippen molar-refractivity contribution in [2.75, 3.05) is 7.11 Å². The highest BCUT2D eigenvalue weighted by molar-refractivity contribution is 6.99. The van der Waals surface area contributed by atoms with E-state index in [1.807, 2.05) is 48.6 Å². The molecule has 0 spiro atoms. The maximum absolute atomic E-state index is 12.4. The van der Waals surface area contributed by atoms with Crippen LogP contribution < -0.4 is 10.4 Å². The molecule has 0 saturated carbocycles. The van der Waals surface area contributed by atoms with E-state index in [1.165, 1.54) is 0 Å². The molecule has 2 aromatic carbocycles. The summed E-state index contributed by atoms with van der Waals surface area (Å²) in [6.45, 7) is 20.3. The van der Waals surface area contributed by atoms with Crippen molar-refractivity contribution in [2.24, 2.45) is 0 Å². The van der Waals surface area contributed by atoms with Crippen molar-refractivity contribution in [1.29, 1.82) is 0 Å². The number of allylic oxidation sites excluding steroid dienone is 1. The van der Waals surface area contributed by atoms with Crippen molar-refractivity contribution in [3.63, 3.8) is 0 Å². The molecule has 41 heavy (non-hydrogen) atoms. The first kappa shape index (κ1) is 35.1. The third-order valence-corrected chi connectivity index (χ3v) is 17.9. The van der Waals surface area contributed by atoms with Crippen LogP contribution in [0.3, 0.4) is 0 Å². The van der Waals surface area contributed by atoms with Crippen LogP contribution in [0.2, 0.25) is 23.2 Å². The molecule has 0 unspecified atom stereocenters. The lowest BCUT2D eigenvalue weighted by molar-refractivity contribution is -0.112. The summed E-state index contributed by atoms with van der Waals surface area (Å²) in [6.07, 6.45) is 11.3. The summed E-state index contributed by atoms with van der Waals surface area (Å²) in [6, 6.07) is 20.8. The third-order valence-electron chi connectivity index (χ3n) is 8.24. The quantitative estimate of drug-likeness (QED) is 0.0912. The Morgan fingerprint density at radius 1 is 0.756 bits per heavy atom. The Morgan fingerprint density at radius 2 is 1.27 bits per heavy atom. The van der Waals surface area contributed by atoms with E-state index in [9.17, 15) is 4.79 Å². The molecule has 0 N–H and O–H groups in total. The Hall–Kier alpha value is -2.10. The second-order valence-electron chi connectivity index (χ2n) is 13.5. The van der Waals surface area contributed by atoms with E-state index in [0.717, 1.165) is 35.9 Å². The molecule has 2 rings (SSSR count). The predicted octanol–water partition coefficient (Wildman–Crippen LogP) is 7.84. The molecule has 0 aliphatic heterocycles. The fourth-order valence-electron chi connectivity index (χ4n) is 4.94. The van der Waals surface area contributed by atoms with E-state index in [4.69, 9.17) is 13.6 Å². The molecule has 3 atom stereocenters. The van der Waals surface area contributed by atoms with Crippen LogP contribution in [0.5, 0.6) is 0 Å². The molecule has 0 bridgehead atoms. The molecule has 0 fully saturated rings. The molecule has 6 heteroatoms. The van der Waals surface area contributed by atoms with E-state index in [1.54, 1.807) is 7.11 Å². The van der Waals surface area contributed by atoms with Gasteiger partial charge in [-0.3, -0.25) is 0 Å². The maximum Gasteiger partial charge on any atom is 0.262 e. The zero-order valence-corrected chi connectivity index (χ0v) is 29.1. The minimum atomic E-state index is -2.84. The van der Waals surface area contributed by atoms with Crippen molar-refractivity contribution in [2.45, 2.75) is 109 Å². The Balaban J connectivity index is 2.13. The molecule has 0 aromatic heterocycles. The molecule has 0 aliphatic rings. The van der Waals surface area contributed by atoms with Crippen LogP contribution in [-0.4, -0.2) is 48.3 Å². The summed E-state index contributed by atoms with van der Waals surface area (Å²) >= 11 is 0. The Kier molecular flexibility index (Phi) is 13.2. The number of unbranched alkanes of at least 4 members (excludes halogenated alkanes) is 1. The van der Waals surface area contributed by atoms with Gasteiger partial charge >= 0.3 is 0 Å². The van der Waals surface area contributed by atoms with E-state index in [-0.39, 0.29) is 22.3 Å². The van der Waals surface area contributed by atoms with Crippen LogP contribution in [0.25, 0.3) is 0 Å². The Bertz CT molecular complexity index is 1060. The van der Waals surface area contributed by atoms with Gasteiger partial charge in [0.25, 0.3) is 8.32 Å². The van der Waals surface area contributed by atoms with Gasteiger partial charge in [0.05, 0.1) is 6.10 Å². The standard InChI is InChI=1S/C35H54O4Si2/c1-29(38-40(9,10)34(2,3)4)20-14-11-15-21-30(37-8)26-27-31(28-36)39-41(35(5,6)7,32-22-16-12-17-23-32)33-24-18-13-19-25-33/h12-13,15-19,21-31H,11,14,20H2,1-10H3/b21-15-,27-26-/t29-,30-,31-/m0/s1. The highest BCUT2D eigenvalue weighted by Crippen LogP contribution is 2.38. The highest BCUT2D eigenvalue weighted by Gasteiger charge is 2.51. The second kappa shape index (κ2) is 15.4. The topological polar surface area (TPSA) is 44.8 Å². The second-order valence-corrected chi connectivity index (χ2v) is 22.5. The molecule has 226 valence electrons. The molecular formula is C35H54O4Si2. The van der Waals surface area contributed by atoms with Gasteiger partial charge in [-0.2, -0.15) is 0 Å². The summed E-state index contributed by atoms with van der Waals surface area (Å²) in [5.41, 5.74) is 0. The molecule has 0 saturated heterocycles. The number of carbonyl (C=O) groups is 1. The lowest BCUT2D eigenvalue weighted by Gasteiger charge is -2.44. The molecule has 0 radical (unpaired) electrons. The first-order valence-electron chi connectivity index (χ1n) is 15.0. The number of carbonyl (C=O) groups excluding carboxylic acids is 1.